The first-order valence-corrected chi connectivity index (χ1v) is 4.86. The Bertz CT molecular complexity index is 192. The molecule has 0 unspecified atom stereocenters. The molecule has 0 fully saturated rings. The van der Waals surface area contributed by atoms with Crippen LogP contribution in [0.4, 0.5) is 0 Å². The van der Waals surface area contributed by atoms with Gasteiger partial charge in [0.15, 0.2) is 0 Å². The zero-order valence-electron chi connectivity index (χ0n) is 9.36. The third kappa shape index (κ3) is 3.75. The molecule has 0 bridgehead atoms. The van der Waals surface area contributed by atoms with E-state index >= 15 is 0 Å². The van der Waals surface area contributed by atoms with Crippen LogP contribution in [-0.2, 0) is 0 Å². The van der Waals surface area contributed by atoms with Crippen molar-refractivity contribution < 1.29 is 0 Å². The van der Waals surface area contributed by atoms with E-state index < -0.39 is 0 Å². The highest BCUT2D eigenvalue weighted by Gasteiger charge is 2.17. The summed E-state index contributed by atoms with van der Waals surface area (Å²) in [4.78, 5) is 0. The van der Waals surface area contributed by atoms with Gasteiger partial charge in [0.2, 0.25) is 0 Å². The van der Waals surface area contributed by atoms with Gasteiger partial charge in [-0.2, -0.15) is 0 Å². The van der Waals surface area contributed by atoms with Crippen LogP contribution in [0.2, 0.25) is 0 Å². The first kappa shape index (κ1) is 11.5. The maximum Gasteiger partial charge on any atom is -0.0132 e. The van der Waals surface area contributed by atoms with E-state index in [1.54, 1.807) is 0 Å². The standard InChI is InChI=1S/C10H16.C2H6/c1-8-5-9(2)7-10(3,4)6-8;1-2/h5-6H,7H2,1-4H3;1-2H3. The third-order valence-electron chi connectivity index (χ3n) is 1.83. The average molecular weight is 166 g/mol. The molecule has 12 heavy (non-hydrogen) atoms. The van der Waals surface area contributed by atoms with Crippen molar-refractivity contribution in [1.29, 1.82) is 0 Å². The Balaban J connectivity index is 0.000000561. The Kier molecular flexibility index (Phi) is 4.30. The lowest BCUT2D eigenvalue weighted by Gasteiger charge is -2.25. The maximum atomic E-state index is 2.35. The van der Waals surface area contributed by atoms with Gasteiger partial charge in [0, 0.05) is 0 Å². The van der Waals surface area contributed by atoms with Crippen LogP contribution in [0.3, 0.4) is 0 Å². The van der Waals surface area contributed by atoms with Gasteiger partial charge in [0.1, 0.15) is 0 Å². The first-order chi connectivity index (χ1) is 5.49. The first-order valence-electron chi connectivity index (χ1n) is 4.86. The maximum absolute atomic E-state index is 2.35. The van der Waals surface area contributed by atoms with Crippen LogP contribution in [0.25, 0.3) is 0 Å². The van der Waals surface area contributed by atoms with Crippen LogP contribution < -0.4 is 0 Å². The van der Waals surface area contributed by atoms with Gasteiger partial charge in [-0.25, -0.2) is 0 Å². The van der Waals surface area contributed by atoms with Crippen molar-refractivity contribution in [1.82, 2.24) is 0 Å². The van der Waals surface area contributed by atoms with Crippen molar-refractivity contribution in [2.45, 2.75) is 48.0 Å². The topological polar surface area (TPSA) is 0 Å². The SMILES string of the molecule is CC.CC1=CC(C)(C)CC(C)=C1. The molecule has 0 nitrogen and oxygen atoms in total. The molecular weight excluding hydrogens is 144 g/mol. The molecule has 0 heteroatoms. The highest BCUT2D eigenvalue weighted by molar-refractivity contribution is 5.28. The highest BCUT2D eigenvalue weighted by atomic mass is 14.2. The summed E-state index contributed by atoms with van der Waals surface area (Å²) in [5.74, 6) is 0. The van der Waals surface area contributed by atoms with Gasteiger partial charge < -0.3 is 0 Å². The lowest BCUT2D eigenvalue weighted by molar-refractivity contribution is 0.466. The van der Waals surface area contributed by atoms with Crippen LogP contribution in [0.5, 0.6) is 0 Å². The Morgan fingerprint density at radius 3 is 2.00 bits per heavy atom. The Morgan fingerprint density at radius 1 is 1.17 bits per heavy atom. The molecule has 1 aliphatic rings. The lowest BCUT2D eigenvalue weighted by atomic mass is 9.80. The second-order valence-corrected chi connectivity index (χ2v) is 4.04. The highest BCUT2D eigenvalue weighted by Crippen LogP contribution is 2.32. The van der Waals surface area contributed by atoms with Crippen LogP contribution in [0.15, 0.2) is 23.3 Å². The minimum Gasteiger partial charge on any atom is -0.0756 e. The Hall–Kier alpha value is -0.520. The molecule has 0 heterocycles. The smallest absolute Gasteiger partial charge is 0.0132 e. The summed E-state index contributed by atoms with van der Waals surface area (Å²) in [6.07, 6.45) is 5.83. The molecule has 0 aromatic rings. The fourth-order valence-electron chi connectivity index (χ4n) is 1.87. The fourth-order valence-corrected chi connectivity index (χ4v) is 1.87. The Labute approximate surface area is 77.4 Å². The molecule has 70 valence electrons. The molecule has 0 amide bonds. The molecule has 0 radical (unpaired) electrons. The van der Waals surface area contributed by atoms with Crippen LogP contribution >= 0.6 is 0 Å². The Morgan fingerprint density at radius 2 is 1.67 bits per heavy atom. The van der Waals surface area contributed by atoms with Crippen molar-refractivity contribution in [3.8, 4) is 0 Å². The van der Waals surface area contributed by atoms with Gasteiger partial charge >= 0.3 is 0 Å². The van der Waals surface area contributed by atoms with Gasteiger partial charge in [-0.1, -0.05) is 51.0 Å². The van der Waals surface area contributed by atoms with E-state index in [9.17, 15) is 0 Å². The van der Waals surface area contributed by atoms with Gasteiger partial charge in [-0.15, -0.1) is 0 Å². The minimum atomic E-state index is 0.392. The van der Waals surface area contributed by atoms with Crippen molar-refractivity contribution in [2.24, 2.45) is 5.41 Å². The summed E-state index contributed by atoms with van der Waals surface area (Å²) in [5, 5.41) is 0. The van der Waals surface area contributed by atoms with Crippen LogP contribution in [0, 0.1) is 5.41 Å². The number of hydrogen-bond donors (Lipinski definition) is 0. The second-order valence-electron chi connectivity index (χ2n) is 4.04. The van der Waals surface area contributed by atoms with E-state index in [0.717, 1.165) is 0 Å². The third-order valence-corrected chi connectivity index (χ3v) is 1.83. The molecule has 1 rings (SSSR count). The summed E-state index contributed by atoms with van der Waals surface area (Å²) >= 11 is 0. The van der Waals surface area contributed by atoms with Crippen molar-refractivity contribution in [3.63, 3.8) is 0 Å². The van der Waals surface area contributed by atoms with Crippen molar-refractivity contribution >= 4 is 0 Å². The van der Waals surface area contributed by atoms with Gasteiger partial charge in [0.05, 0.1) is 0 Å². The number of allylic oxidation sites excluding steroid dienone is 4. The number of rotatable bonds is 0. The van der Waals surface area contributed by atoms with Crippen molar-refractivity contribution in [3.05, 3.63) is 23.3 Å². The molecule has 0 saturated heterocycles. The number of hydrogen-bond acceptors (Lipinski definition) is 0. The van der Waals surface area contributed by atoms with Gasteiger partial charge in [-0.05, 0) is 25.7 Å². The van der Waals surface area contributed by atoms with Crippen molar-refractivity contribution in [2.75, 3.05) is 0 Å². The summed E-state index contributed by atoms with van der Waals surface area (Å²) in [6.45, 7) is 12.9. The molecule has 0 saturated carbocycles. The summed E-state index contributed by atoms with van der Waals surface area (Å²) in [5.41, 5.74) is 3.31. The normalized spacial score (nSPS) is 20.2. The van der Waals surface area contributed by atoms with E-state index in [1.807, 2.05) is 13.8 Å². The van der Waals surface area contributed by atoms with E-state index in [2.05, 4.69) is 39.8 Å². The predicted molar refractivity (Wildman–Crippen MR) is 57.3 cm³/mol. The minimum absolute atomic E-state index is 0.392. The van der Waals surface area contributed by atoms with E-state index in [0.29, 0.717) is 5.41 Å². The molecule has 0 N–H and O–H groups in total. The van der Waals surface area contributed by atoms with Crippen LogP contribution in [0.1, 0.15) is 48.0 Å². The fraction of sp³-hybridized carbons (Fsp3) is 0.667. The van der Waals surface area contributed by atoms with E-state index in [1.165, 1.54) is 17.6 Å². The predicted octanol–water partition coefficient (Wildman–Crippen LogP) is 4.34. The molecular formula is C12H22. The molecule has 0 aliphatic heterocycles. The van der Waals surface area contributed by atoms with Crippen LogP contribution in [-0.4, -0.2) is 0 Å². The summed E-state index contributed by atoms with van der Waals surface area (Å²) in [7, 11) is 0. The average Bonchev–Trinajstić information content (AvgIpc) is 1.85. The zero-order chi connectivity index (χ0) is 9.78. The molecule has 1 aliphatic carbocycles. The van der Waals surface area contributed by atoms with E-state index in [-0.39, 0.29) is 0 Å². The zero-order valence-corrected chi connectivity index (χ0v) is 9.36. The van der Waals surface area contributed by atoms with Gasteiger partial charge in [-0.3, -0.25) is 0 Å². The quantitative estimate of drug-likeness (QED) is 0.502. The van der Waals surface area contributed by atoms with E-state index in [4.69, 9.17) is 0 Å². The molecule has 0 aromatic heterocycles. The largest absolute Gasteiger partial charge is 0.0756 e. The molecule has 0 spiro atoms. The van der Waals surface area contributed by atoms with Gasteiger partial charge in [0.25, 0.3) is 0 Å². The second kappa shape index (κ2) is 4.49. The lowest BCUT2D eigenvalue weighted by Crippen LogP contribution is -2.11. The molecule has 0 aromatic carbocycles. The summed E-state index contributed by atoms with van der Waals surface area (Å²) in [6, 6.07) is 0. The monoisotopic (exact) mass is 166 g/mol. The summed E-state index contributed by atoms with van der Waals surface area (Å²) < 4.78 is 0. The molecule has 0 atom stereocenters.